The number of anilines is 1. The van der Waals surface area contributed by atoms with E-state index in [4.69, 9.17) is 16.2 Å². The molecular weight excluding hydrogens is 497 g/mol. The minimum Gasteiger partial charge on any atom is -0.496 e. The fourth-order valence-electron chi connectivity index (χ4n) is 3.67. The van der Waals surface area contributed by atoms with Gasteiger partial charge in [0.05, 0.1) is 19.3 Å². The molecule has 3 amide bonds. The Morgan fingerprint density at radius 2 is 1.81 bits per heavy atom. The topological polar surface area (TPSA) is 141 Å². The van der Waals surface area contributed by atoms with Gasteiger partial charge in [0.1, 0.15) is 22.5 Å². The van der Waals surface area contributed by atoms with Crippen molar-refractivity contribution in [1.82, 2.24) is 14.6 Å². The van der Waals surface area contributed by atoms with Gasteiger partial charge in [0.15, 0.2) is 5.69 Å². The molecule has 2 aromatic carbocycles. The quantitative estimate of drug-likeness (QED) is 0.368. The number of carbonyl (C=O) groups is 3. The predicted octanol–water partition coefficient (Wildman–Crippen LogP) is 3.66. The zero-order valence-corrected chi connectivity index (χ0v) is 21.9. The Kier molecular flexibility index (Phi) is 8.49. The van der Waals surface area contributed by atoms with E-state index in [0.29, 0.717) is 34.8 Å². The molecule has 0 aliphatic rings. The van der Waals surface area contributed by atoms with Crippen molar-refractivity contribution in [3.8, 4) is 5.75 Å². The number of hydrogen-bond acceptors (Lipinski definition) is 7. The van der Waals surface area contributed by atoms with Crippen molar-refractivity contribution in [1.29, 1.82) is 0 Å². The van der Waals surface area contributed by atoms with Crippen LogP contribution in [-0.2, 0) is 11.3 Å². The Labute approximate surface area is 218 Å². The van der Waals surface area contributed by atoms with Crippen molar-refractivity contribution < 1.29 is 23.5 Å². The Bertz CT molecular complexity index is 1290. The standard InChI is InChI=1S/C26H30FN5O4S/c1-5-26(2,3)30-24(34)21(15-10-12-17(27)13-11-15)32(14-16-8-6-7-9-18(16)36-4)25(35)22-19(28)20(23(29)33)31-37-22/h6-13,21H,5,14,28H2,1-4H3,(H2,29,33)(H,30,34). The number of rotatable bonds is 10. The molecule has 0 saturated carbocycles. The van der Waals surface area contributed by atoms with Gasteiger partial charge in [-0.1, -0.05) is 37.3 Å². The van der Waals surface area contributed by atoms with Gasteiger partial charge in [-0.25, -0.2) is 4.39 Å². The summed E-state index contributed by atoms with van der Waals surface area (Å²) in [4.78, 5) is 40.8. The molecule has 37 heavy (non-hydrogen) atoms. The molecule has 1 heterocycles. The van der Waals surface area contributed by atoms with Gasteiger partial charge in [0.25, 0.3) is 11.8 Å². The van der Waals surface area contributed by atoms with Gasteiger partial charge in [0, 0.05) is 11.1 Å². The highest BCUT2D eigenvalue weighted by molar-refractivity contribution is 7.09. The largest absolute Gasteiger partial charge is 0.496 e. The van der Waals surface area contributed by atoms with Gasteiger partial charge in [0.2, 0.25) is 5.91 Å². The van der Waals surface area contributed by atoms with E-state index in [2.05, 4.69) is 9.69 Å². The van der Waals surface area contributed by atoms with Crippen molar-refractivity contribution in [3.05, 3.63) is 76.0 Å². The number of nitrogens with one attached hydrogen (secondary N) is 1. The molecule has 3 aromatic rings. The number of primary amides is 1. The maximum atomic E-state index is 14.0. The number of nitrogens with two attached hydrogens (primary N) is 2. The van der Waals surface area contributed by atoms with Gasteiger partial charge >= 0.3 is 0 Å². The lowest BCUT2D eigenvalue weighted by Gasteiger charge is -2.34. The summed E-state index contributed by atoms with van der Waals surface area (Å²) in [6, 6.07) is 11.2. The zero-order valence-electron chi connectivity index (χ0n) is 21.1. The van der Waals surface area contributed by atoms with Crippen LogP contribution in [0.4, 0.5) is 10.1 Å². The maximum absolute atomic E-state index is 14.0. The monoisotopic (exact) mass is 527 g/mol. The van der Waals surface area contributed by atoms with Crippen LogP contribution in [0.2, 0.25) is 0 Å². The van der Waals surface area contributed by atoms with Crippen LogP contribution in [0.1, 0.15) is 64.5 Å². The fourth-order valence-corrected chi connectivity index (χ4v) is 4.43. The normalized spacial score (nSPS) is 12.0. The molecular formula is C26H30FN5O4S. The van der Waals surface area contributed by atoms with E-state index in [1.165, 1.54) is 36.3 Å². The van der Waals surface area contributed by atoms with E-state index in [0.717, 1.165) is 0 Å². The molecule has 1 aromatic heterocycles. The lowest BCUT2D eigenvalue weighted by molar-refractivity contribution is -0.127. The van der Waals surface area contributed by atoms with Gasteiger partial charge in [-0.2, -0.15) is 4.37 Å². The number of carbonyl (C=O) groups excluding carboxylic acids is 3. The van der Waals surface area contributed by atoms with E-state index in [1.54, 1.807) is 24.3 Å². The smallest absolute Gasteiger partial charge is 0.270 e. The second kappa shape index (κ2) is 11.4. The number of ether oxygens (including phenoxy) is 1. The third-order valence-electron chi connectivity index (χ3n) is 6.04. The van der Waals surface area contributed by atoms with Crippen LogP contribution in [0.25, 0.3) is 0 Å². The highest BCUT2D eigenvalue weighted by atomic mass is 32.1. The number of nitrogens with zero attached hydrogens (tertiary/aromatic N) is 2. The molecule has 0 saturated heterocycles. The average Bonchev–Trinajstić information content (AvgIpc) is 3.25. The van der Waals surface area contributed by atoms with Crippen molar-refractivity contribution in [2.45, 2.75) is 45.3 Å². The SMILES string of the molecule is CCC(C)(C)NC(=O)C(c1ccc(F)cc1)N(Cc1ccccc1OC)C(=O)c1snc(C(N)=O)c1N. The first-order chi connectivity index (χ1) is 17.5. The predicted molar refractivity (Wildman–Crippen MR) is 140 cm³/mol. The fraction of sp³-hybridized carbons (Fsp3) is 0.308. The molecule has 1 atom stereocenters. The zero-order chi connectivity index (χ0) is 27.3. The number of hydrogen-bond donors (Lipinski definition) is 3. The molecule has 0 aliphatic carbocycles. The average molecular weight is 528 g/mol. The maximum Gasteiger partial charge on any atom is 0.270 e. The highest BCUT2D eigenvalue weighted by Crippen LogP contribution is 2.32. The summed E-state index contributed by atoms with van der Waals surface area (Å²) in [5, 5.41) is 2.98. The van der Waals surface area contributed by atoms with Crippen LogP contribution in [-0.4, -0.2) is 39.6 Å². The lowest BCUT2D eigenvalue weighted by Crippen LogP contribution is -2.50. The van der Waals surface area contributed by atoms with Crippen LogP contribution in [0, 0.1) is 5.82 Å². The number of benzene rings is 2. The van der Waals surface area contributed by atoms with E-state index in [-0.39, 0.29) is 22.8 Å². The van der Waals surface area contributed by atoms with E-state index >= 15 is 0 Å². The summed E-state index contributed by atoms with van der Waals surface area (Å²) in [7, 11) is 1.50. The van der Waals surface area contributed by atoms with Crippen molar-refractivity contribution in [3.63, 3.8) is 0 Å². The molecule has 1 unspecified atom stereocenters. The first-order valence-electron chi connectivity index (χ1n) is 11.5. The minimum atomic E-state index is -1.18. The number of para-hydroxylation sites is 1. The minimum absolute atomic E-state index is 0.0432. The molecule has 5 N–H and O–H groups in total. The van der Waals surface area contributed by atoms with E-state index in [9.17, 15) is 18.8 Å². The summed E-state index contributed by atoms with van der Waals surface area (Å²) >= 11 is 0.716. The van der Waals surface area contributed by atoms with Gasteiger partial charge in [-0.3, -0.25) is 14.4 Å². The summed E-state index contributed by atoms with van der Waals surface area (Å²) < 4.78 is 23.2. The Morgan fingerprint density at radius 1 is 1.16 bits per heavy atom. The highest BCUT2D eigenvalue weighted by Gasteiger charge is 2.37. The summed E-state index contributed by atoms with van der Waals surface area (Å²) in [6.45, 7) is 5.58. The molecule has 11 heteroatoms. The van der Waals surface area contributed by atoms with Gasteiger partial charge in [-0.15, -0.1) is 0 Å². The lowest BCUT2D eigenvalue weighted by atomic mass is 9.98. The Morgan fingerprint density at radius 3 is 2.38 bits per heavy atom. The van der Waals surface area contributed by atoms with Gasteiger partial charge in [-0.05, 0) is 55.6 Å². The molecule has 196 valence electrons. The van der Waals surface area contributed by atoms with Crippen LogP contribution < -0.4 is 21.5 Å². The van der Waals surface area contributed by atoms with E-state index in [1.807, 2.05) is 20.8 Å². The number of methoxy groups -OCH3 is 1. The van der Waals surface area contributed by atoms with Crippen molar-refractivity contribution in [2.24, 2.45) is 5.73 Å². The number of nitrogen functional groups attached to an aromatic ring is 1. The number of amides is 3. The van der Waals surface area contributed by atoms with Crippen molar-refractivity contribution >= 4 is 34.9 Å². The number of aromatic nitrogens is 1. The molecule has 0 fully saturated rings. The van der Waals surface area contributed by atoms with Crippen molar-refractivity contribution in [2.75, 3.05) is 12.8 Å². The van der Waals surface area contributed by atoms with Crippen LogP contribution >= 0.6 is 11.5 Å². The molecule has 0 bridgehead atoms. The molecule has 9 nitrogen and oxygen atoms in total. The summed E-state index contributed by atoms with van der Waals surface area (Å²) in [6.07, 6.45) is 0.624. The second-order valence-corrected chi connectivity index (χ2v) is 9.84. The first kappa shape index (κ1) is 27.6. The summed E-state index contributed by atoms with van der Waals surface area (Å²) in [5.41, 5.74) is 11.4. The third kappa shape index (κ3) is 6.23. The van der Waals surface area contributed by atoms with Gasteiger partial charge < -0.3 is 26.4 Å². The van der Waals surface area contributed by atoms with Crippen LogP contribution in [0.5, 0.6) is 5.75 Å². The Hall–Kier alpha value is -3.99. The first-order valence-corrected chi connectivity index (χ1v) is 12.3. The summed E-state index contributed by atoms with van der Waals surface area (Å²) in [5.74, 6) is -1.98. The van der Waals surface area contributed by atoms with Crippen LogP contribution in [0.15, 0.2) is 48.5 Å². The molecule has 3 rings (SSSR count). The van der Waals surface area contributed by atoms with E-state index < -0.39 is 35.1 Å². The molecule has 0 aliphatic heterocycles. The number of halogens is 1. The second-order valence-electron chi connectivity index (χ2n) is 9.06. The molecule has 0 radical (unpaired) electrons. The third-order valence-corrected chi connectivity index (χ3v) is 6.89. The molecule has 0 spiro atoms. The van der Waals surface area contributed by atoms with Crippen LogP contribution in [0.3, 0.4) is 0 Å². The Balaban J connectivity index is 2.20.